The summed E-state index contributed by atoms with van der Waals surface area (Å²) in [7, 11) is 1.32. The first-order valence-corrected chi connectivity index (χ1v) is 10.2. The minimum Gasteiger partial charge on any atom is -0.493 e. The van der Waals surface area contributed by atoms with E-state index in [9.17, 15) is 9.59 Å². The molecule has 0 spiro atoms. The number of rotatable bonds is 6. The maximum absolute atomic E-state index is 12.8. The number of thiophene rings is 1. The Morgan fingerprint density at radius 1 is 1.11 bits per heavy atom. The Labute approximate surface area is 175 Å². The number of halogens is 1. The normalized spacial score (nSPS) is 10.4. The van der Waals surface area contributed by atoms with Gasteiger partial charge in [-0.2, -0.15) is 0 Å². The molecule has 5 nitrogen and oxygen atoms in total. The lowest BCUT2D eigenvalue weighted by Crippen LogP contribution is -2.15. The first kappa shape index (κ1) is 20.1. The molecule has 28 heavy (non-hydrogen) atoms. The molecule has 0 aliphatic heterocycles. The second-order valence-electron chi connectivity index (χ2n) is 5.74. The molecule has 2 aromatic carbocycles. The van der Waals surface area contributed by atoms with E-state index in [1.807, 2.05) is 36.6 Å². The molecule has 1 N–H and O–H groups in total. The number of esters is 1. The van der Waals surface area contributed by atoms with Crippen molar-refractivity contribution in [1.29, 1.82) is 0 Å². The van der Waals surface area contributed by atoms with Crippen molar-refractivity contribution in [2.45, 2.75) is 6.92 Å². The number of benzene rings is 2. The lowest BCUT2D eigenvalue weighted by Gasteiger charge is -2.11. The predicted octanol–water partition coefficient (Wildman–Crippen LogP) is 5.62. The smallest absolute Gasteiger partial charge is 0.341 e. The molecule has 1 amide bonds. The van der Waals surface area contributed by atoms with Gasteiger partial charge in [-0.3, -0.25) is 4.79 Å². The van der Waals surface area contributed by atoms with Crippen LogP contribution in [0.1, 0.15) is 27.6 Å². The van der Waals surface area contributed by atoms with Crippen molar-refractivity contribution in [3.8, 4) is 16.9 Å². The predicted molar refractivity (Wildman–Crippen MR) is 114 cm³/mol. The van der Waals surface area contributed by atoms with Gasteiger partial charge in [0, 0.05) is 15.4 Å². The minimum atomic E-state index is -0.507. The summed E-state index contributed by atoms with van der Waals surface area (Å²) in [5.74, 6) is -0.363. The zero-order chi connectivity index (χ0) is 20.1. The standard InChI is InChI=1S/C21H18BrNO4S/c1-3-27-17-7-5-4-6-15(17)19(24)23-20-18(21(25)26-2)16(12-28-20)13-8-10-14(22)11-9-13/h4-12H,3H2,1-2H3,(H,23,24). The highest BCUT2D eigenvalue weighted by Gasteiger charge is 2.23. The molecule has 3 aromatic rings. The Hall–Kier alpha value is -2.64. The SMILES string of the molecule is CCOc1ccccc1C(=O)Nc1scc(-c2ccc(Br)cc2)c1C(=O)OC. The molecule has 0 atom stereocenters. The van der Waals surface area contributed by atoms with Gasteiger partial charge in [0.15, 0.2) is 0 Å². The van der Waals surface area contributed by atoms with Crippen LogP contribution in [0.25, 0.3) is 11.1 Å². The van der Waals surface area contributed by atoms with Gasteiger partial charge in [0.1, 0.15) is 16.3 Å². The fourth-order valence-corrected chi connectivity index (χ4v) is 3.92. The second-order valence-corrected chi connectivity index (χ2v) is 7.53. The van der Waals surface area contributed by atoms with E-state index in [0.717, 1.165) is 10.0 Å². The molecule has 7 heteroatoms. The number of nitrogens with one attached hydrogen (secondary N) is 1. The van der Waals surface area contributed by atoms with Crippen LogP contribution >= 0.6 is 27.3 Å². The summed E-state index contributed by atoms with van der Waals surface area (Å²) in [6.07, 6.45) is 0. The van der Waals surface area contributed by atoms with Gasteiger partial charge in [0.05, 0.1) is 19.3 Å². The van der Waals surface area contributed by atoms with Crippen molar-refractivity contribution < 1.29 is 19.1 Å². The first-order chi connectivity index (χ1) is 13.5. The van der Waals surface area contributed by atoms with Gasteiger partial charge in [0.2, 0.25) is 0 Å². The van der Waals surface area contributed by atoms with Crippen molar-refractivity contribution in [2.75, 3.05) is 19.0 Å². The number of para-hydroxylation sites is 1. The average Bonchev–Trinajstić information content (AvgIpc) is 3.12. The Morgan fingerprint density at radius 3 is 2.50 bits per heavy atom. The van der Waals surface area contributed by atoms with Crippen LogP contribution in [-0.2, 0) is 4.74 Å². The van der Waals surface area contributed by atoms with E-state index in [1.165, 1.54) is 18.4 Å². The molecule has 1 aromatic heterocycles. The van der Waals surface area contributed by atoms with Crippen LogP contribution in [0.3, 0.4) is 0 Å². The number of anilines is 1. The third kappa shape index (κ3) is 4.26. The molecule has 1 heterocycles. The van der Waals surface area contributed by atoms with Crippen LogP contribution in [-0.4, -0.2) is 25.6 Å². The number of methoxy groups -OCH3 is 1. The van der Waals surface area contributed by atoms with E-state index < -0.39 is 5.97 Å². The van der Waals surface area contributed by atoms with Crippen molar-refractivity contribution >= 4 is 44.1 Å². The third-order valence-corrected chi connectivity index (χ3v) is 5.42. The highest BCUT2D eigenvalue weighted by atomic mass is 79.9. The van der Waals surface area contributed by atoms with E-state index in [1.54, 1.807) is 24.3 Å². The van der Waals surface area contributed by atoms with Gasteiger partial charge in [-0.1, -0.05) is 40.2 Å². The Balaban J connectivity index is 1.97. The molecule has 0 aliphatic carbocycles. The van der Waals surface area contributed by atoms with Crippen molar-refractivity contribution in [3.63, 3.8) is 0 Å². The van der Waals surface area contributed by atoms with Crippen LogP contribution < -0.4 is 10.1 Å². The van der Waals surface area contributed by atoms with Crippen molar-refractivity contribution in [2.24, 2.45) is 0 Å². The summed E-state index contributed by atoms with van der Waals surface area (Å²) >= 11 is 4.68. The molecule has 0 bridgehead atoms. The maximum Gasteiger partial charge on any atom is 0.341 e. The lowest BCUT2D eigenvalue weighted by atomic mass is 10.0. The second kappa shape index (κ2) is 9.03. The Bertz CT molecular complexity index is 998. The van der Waals surface area contributed by atoms with Gasteiger partial charge < -0.3 is 14.8 Å². The summed E-state index contributed by atoms with van der Waals surface area (Å²) in [4.78, 5) is 25.3. The minimum absolute atomic E-state index is 0.331. The molecule has 0 unspecified atom stereocenters. The topological polar surface area (TPSA) is 64.6 Å². The number of hydrogen-bond acceptors (Lipinski definition) is 5. The molecule has 0 aliphatic rings. The van der Waals surface area contributed by atoms with E-state index in [2.05, 4.69) is 21.2 Å². The number of hydrogen-bond donors (Lipinski definition) is 1. The maximum atomic E-state index is 12.8. The molecule has 0 saturated carbocycles. The van der Waals surface area contributed by atoms with Crippen LogP contribution in [0.15, 0.2) is 58.4 Å². The number of ether oxygens (including phenoxy) is 2. The Morgan fingerprint density at radius 2 is 1.82 bits per heavy atom. The number of amides is 1. The number of carbonyl (C=O) groups excluding carboxylic acids is 2. The number of carbonyl (C=O) groups is 2. The van der Waals surface area contributed by atoms with E-state index >= 15 is 0 Å². The highest BCUT2D eigenvalue weighted by Crippen LogP contribution is 2.37. The largest absolute Gasteiger partial charge is 0.493 e. The van der Waals surface area contributed by atoms with Crippen molar-refractivity contribution in [3.05, 3.63) is 69.5 Å². The average molecular weight is 460 g/mol. The van der Waals surface area contributed by atoms with E-state index in [-0.39, 0.29) is 5.91 Å². The summed E-state index contributed by atoms with van der Waals surface area (Å²) in [5, 5.41) is 5.10. The molecule has 0 fully saturated rings. The third-order valence-electron chi connectivity index (χ3n) is 3.99. The van der Waals surface area contributed by atoms with Gasteiger partial charge in [-0.15, -0.1) is 11.3 Å². The highest BCUT2D eigenvalue weighted by molar-refractivity contribution is 9.10. The summed E-state index contributed by atoms with van der Waals surface area (Å²) in [5.41, 5.74) is 2.30. The van der Waals surface area contributed by atoms with Crippen LogP contribution in [0.4, 0.5) is 5.00 Å². The summed E-state index contributed by atoms with van der Waals surface area (Å²) in [6, 6.07) is 14.6. The van der Waals surface area contributed by atoms with Crippen LogP contribution in [0.5, 0.6) is 5.75 Å². The Kier molecular flexibility index (Phi) is 6.49. The summed E-state index contributed by atoms with van der Waals surface area (Å²) < 4.78 is 11.4. The first-order valence-electron chi connectivity index (χ1n) is 8.54. The molecular weight excluding hydrogens is 442 g/mol. The monoisotopic (exact) mass is 459 g/mol. The van der Waals surface area contributed by atoms with Crippen molar-refractivity contribution in [1.82, 2.24) is 0 Å². The van der Waals surface area contributed by atoms with E-state index in [4.69, 9.17) is 9.47 Å². The van der Waals surface area contributed by atoms with Gasteiger partial charge >= 0.3 is 5.97 Å². The molecule has 0 saturated heterocycles. The van der Waals surface area contributed by atoms with Crippen LogP contribution in [0, 0.1) is 0 Å². The van der Waals surface area contributed by atoms with Crippen LogP contribution in [0.2, 0.25) is 0 Å². The van der Waals surface area contributed by atoms with Gasteiger partial charge in [-0.25, -0.2) is 4.79 Å². The fourth-order valence-electron chi connectivity index (χ4n) is 2.70. The molecule has 3 rings (SSSR count). The fraction of sp³-hybridized carbons (Fsp3) is 0.143. The van der Waals surface area contributed by atoms with E-state index in [0.29, 0.717) is 34.0 Å². The van der Waals surface area contributed by atoms with Gasteiger partial charge in [-0.05, 0) is 36.8 Å². The molecule has 0 radical (unpaired) electrons. The lowest BCUT2D eigenvalue weighted by molar-refractivity contribution is 0.0603. The molecule has 144 valence electrons. The zero-order valence-electron chi connectivity index (χ0n) is 15.3. The molecular formula is C21H18BrNO4S. The zero-order valence-corrected chi connectivity index (χ0v) is 17.7. The summed E-state index contributed by atoms with van der Waals surface area (Å²) in [6.45, 7) is 2.30. The quantitative estimate of drug-likeness (QED) is 0.486. The van der Waals surface area contributed by atoms with Gasteiger partial charge in [0.25, 0.3) is 5.91 Å².